The lowest BCUT2D eigenvalue weighted by Crippen LogP contribution is -2.36. The second kappa shape index (κ2) is 5.08. The fourth-order valence-corrected chi connectivity index (χ4v) is 3.29. The number of anilines is 1. The Kier molecular flexibility index (Phi) is 3.06. The van der Waals surface area contributed by atoms with Gasteiger partial charge in [0.05, 0.1) is 5.69 Å². The lowest BCUT2D eigenvalue weighted by Gasteiger charge is -2.33. The number of nitrogens with zero attached hydrogens (tertiary/aromatic N) is 6. The maximum atomic E-state index is 5.25. The number of rotatable bonds is 2. The van der Waals surface area contributed by atoms with E-state index in [1.165, 1.54) is 0 Å². The molecule has 0 radical (unpaired) electrons. The zero-order valence-corrected chi connectivity index (χ0v) is 12.7. The molecule has 1 atom stereocenters. The van der Waals surface area contributed by atoms with Crippen LogP contribution in [0.25, 0.3) is 11.1 Å². The van der Waals surface area contributed by atoms with Crippen LogP contribution in [0.4, 0.5) is 5.82 Å². The molecule has 0 unspecified atom stereocenters. The van der Waals surface area contributed by atoms with Gasteiger partial charge in [-0.2, -0.15) is 4.98 Å². The molecule has 22 heavy (non-hydrogen) atoms. The van der Waals surface area contributed by atoms with Crippen LogP contribution in [0, 0.1) is 6.92 Å². The molecule has 0 saturated carbocycles. The number of imidazole rings is 1. The van der Waals surface area contributed by atoms with E-state index in [4.69, 9.17) is 4.52 Å². The van der Waals surface area contributed by atoms with E-state index in [1.807, 2.05) is 26.4 Å². The van der Waals surface area contributed by atoms with E-state index in [1.54, 1.807) is 6.33 Å². The van der Waals surface area contributed by atoms with Crippen molar-refractivity contribution in [1.29, 1.82) is 0 Å². The normalized spacial score (nSPS) is 19.0. The molecule has 0 spiro atoms. The van der Waals surface area contributed by atoms with Gasteiger partial charge in [0.15, 0.2) is 0 Å². The zero-order chi connectivity index (χ0) is 15.1. The minimum Gasteiger partial charge on any atom is -0.355 e. The highest BCUT2D eigenvalue weighted by Crippen LogP contribution is 2.32. The first-order valence-electron chi connectivity index (χ1n) is 7.53. The molecule has 1 aliphatic heterocycles. The molecule has 0 aromatic carbocycles. The molecule has 3 aromatic rings. The van der Waals surface area contributed by atoms with Crippen LogP contribution in [0.15, 0.2) is 23.2 Å². The lowest BCUT2D eigenvalue weighted by molar-refractivity contribution is 0.442. The van der Waals surface area contributed by atoms with Gasteiger partial charge in [-0.25, -0.2) is 9.97 Å². The van der Waals surface area contributed by atoms with Crippen molar-refractivity contribution >= 4 is 16.9 Å². The fourth-order valence-electron chi connectivity index (χ4n) is 3.29. The summed E-state index contributed by atoms with van der Waals surface area (Å²) in [4.78, 5) is 15.5. The first-order valence-corrected chi connectivity index (χ1v) is 7.53. The van der Waals surface area contributed by atoms with Crippen LogP contribution in [0.3, 0.4) is 0 Å². The van der Waals surface area contributed by atoms with Crippen molar-refractivity contribution in [2.45, 2.75) is 25.7 Å². The summed E-state index contributed by atoms with van der Waals surface area (Å²) in [7, 11) is 2.05. The predicted molar refractivity (Wildman–Crippen MR) is 81.7 cm³/mol. The minimum absolute atomic E-state index is 0.416. The third kappa shape index (κ3) is 2.04. The summed E-state index contributed by atoms with van der Waals surface area (Å²) in [5, 5.41) is 4.93. The van der Waals surface area contributed by atoms with Crippen LogP contribution in [0.5, 0.6) is 0 Å². The van der Waals surface area contributed by atoms with E-state index in [9.17, 15) is 0 Å². The number of aryl methyl sites for hydroxylation is 2. The van der Waals surface area contributed by atoms with Crippen molar-refractivity contribution in [3.63, 3.8) is 0 Å². The summed E-state index contributed by atoms with van der Waals surface area (Å²) < 4.78 is 7.36. The maximum absolute atomic E-state index is 5.25. The molecular formula is C15H18N6O. The summed E-state index contributed by atoms with van der Waals surface area (Å²) in [5.41, 5.74) is 1.39. The van der Waals surface area contributed by atoms with E-state index in [-0.39, 0.29) is 0 Å². The first-order chi connectivity index (χ1) is 10.7. The SMILES string of the molecule is Cc1noc2ncnc(N3CCC[C@@H](c4nccn4C)C3)c12. The van der Waals surface area contributed by atoms with Crippen LogP contribution < -0.4 is 4.90 Å². The predicted octanol–water partition coefficient (Wildman–Crippen LogP) is 2.04. The molecule has 7 nitrogen and oxygen atoms in total. The Morgan fingerprint density at radius 2 is 2.18 bits per heavy atom. The van der Waals surface area contributed by atoms with Gasteiger partial charge in [0.1, 0.15) is 23.4 Å². The fraction of sp³-hybridized carbons (Fsp3) is 0.467. The number of fused-ring (bicyclic) bond motifs is 1. The van der Waals surface area contributed by atoms with Crippen LogP contribution in [0.1, 0.15) is 30.3 Å². The van der Waals surface area contributed by atoms with E-state index in [0.717, 1.165) is 48.7 Å². The average Bonchev–Trinajstić information content (AvgIpc) is 3.14. The van der Waals surface area contributed by atoms with E-state index < -0.39 is 0 Å². The van der Waals surface area contributed by atoms with E-state index in [2.05, 4.69) is 29.6 Å². The Bertz CT molecular complexity index is 807. The number of aromatic nitrogens is 5. The van der Waals surface area contributed by atoms with Crippen LogP contribution in [-0.2, 0) is 7.05 Å². The van der Waals surface area contributed by atoms with Crippen LogP contribution in [0.2, 0.25) is 0 Å². The molecule has 3 aromatic heterocycles. The molecule has 0 bridgehead atoms. The zero-order valence-electron chi connectivity index (χ0n) is 12.7. The van der Waals surface area contributed by atoms with Crippen molar-refractivity contribution in [2.24, 2.45) is 7.05 Å². The molecule has 7 heteroatoms. The topological polar surface area (TPSA) is 72.9 Å². The highest BCUT2D eigenvalue weighted by Gasteiger charge is 2.27. The van der Waals surface area contributed by atoms with Gasteiger partial charge in [-0.3, -0.25) is 0 Å². The van der Waals surface area contributed by atoms with Crippen molar-refractivity contribution in [3.05, 3.63) is 30.2 Å². The van der Waals surface area contributed by atoms with Crippen molar-refractivity contribution in [3.8, 4) is 0 Å². The maximum Gasteiger partial charge on any atom is 0.263 e. The number of piperidine rings is 1. The van der Waals surface area contributed by atoms with Gasteiger partial charge < -0.3 is 14.0 Å². The largest absolute Gasteiger partial charge is 0.355 e. The highest BCUT2D eigenvalue weighted by atomic mass is 16.5. The highest BCUT2D eigenvalue weighted by molar-refractivity contribution is 5.87. The Balaban J connectivity index is 1.70. The molecule has 1 aliphatic rings. The summed E-state index contributed by atoms with van der Waals surface area (Å²) >= 11 is 0. The molecule has 1 fully saturated rings. The van der Waals surface area contributed by atoms with Crippen LogP contribution in [-0.4, -0.2) is 37.8 Å². The standard InChI is InChI=1S/C15H18N6O/c1-10-12-14(17-9-18-15(12)22-19-10)21-6-3-4-11(8-21)13-16-5-7-20(13)2/h5,7,9,11H,3-4,6,8H2,1-2H3/t11-/m1/s1. The summed E-state index contributed by atoms with van der Waals surface area (Å²) in [6.45, 7) is 3.82. The smallest absolute Gasteiger partial charge is 0.263 e. The van der Waals surface area contributed by atoms with Gasteiger partial charge in [-0.05, 0) is 19.8 Å². The van der Waals surface area contributed by atoms with Gasteiger partial charge >= 0.3 is 0 Å². The second-order valence-electron chi connectivity index (χ2n) is 5.83. The first kappa shape index (κ1) is 13.2. The Labute approximate surface area is 128 Å². The van der Waals surface area contributed by atoms with Crippen molar-refractivity contribution in [2.75, 3.05) is 18.0 Å². The Morgan fingerprint density at radius 3 is 3.00 bits per heavy atom. The van der Waals surface area contributed by atoms with Gasteiger partial charge in [-0.1, -0.05) is 5.16 Å². The van der Waals surface area contributed by atoms with E-state index in [0.29, 0.717) is 11.6 Å². The molecule has 0 N–H and O–H groups in total. The van der Waals surface area contributed by atoms with Crippen molar-refractivity contribution in [1.82, 2.24) is 24.7 Å². The Morgan fingerprint density at radius 1 is 1.27 bits per heavy atom. The third-order valence-corrected chi connectivity index (χ3v) is 4.37. The summed E-state index contributed by atoms with van der Waals surface area (Å²) in [6, 6.07) is 0. The molecular weight excluding hydrogens is 280 g/mol. The average molecular weight is 298 g/mol. The van der Waals surface area contributed by atoms with Gasteiger partial charge in [0.25, 0.3) is 5.71 Å². The molecule has 0 aliphatic carbocycles. The van der Waals surface area contributed by atoms with Gasteiger partial charge in [0.2, 0.25) is 0 Å². The molecule has 0 amide bonds. The molecule has 114 valence electrons. The molecule has 1 saturated heterocycles. The third-order valence-electron chi connectivity index (χ3n) is 4.37. The van der Waals surface area contributed by atoms with Crippen molar-refractivity contribution < 1.29 is 4.52 Å². The second-order valence-corrected chi connectivity index (χ2v) is 5.83. The monoisotopic (exact) mass is 298 g/mol. The Hall–Kier alpha value is -2.44. The summed E-state index contributed by atoms with van der Waals surface area (Å²) in [6.07, 6.45) is 7.68. The number of hydrogen-bond donors (Lipinski definition) is 0. The molecule has 4 rings (SSSR count). The van der Waals surface area contributed by atoms with E-state index >= 15 is 0 Å². The minimum atomic E-state index is 0.416. The summed E-state index contributed by atoms with van der Waals surface area (Å²) in [5.74, 6) is 2.47. The quantitative estimate of drug-likeness (QED) is 0.721. The van der Waals surface area contributed by atoms with Crippen LogP contribution >= 0.6 is 0 Å². The number of hydrogen-bond acceptors (Lipinski definition) is 6. The lowest BCUT2D eigenvalue weighted by atomic mass is 9.97. The van der Waals surface area contributed by atoms with Gasteiger partial charge in [0, 0.05) is 38.4 Å². The molecule has 4 heterocycles. The van der Waals surface area contributed by atoms with Gasteiger partial charge in [-0.15, -0.1) is 0 Å².